The van der Waals surface area contributed by atoms with Gasteiger partial charge in [-0.1, -0.05) is 29.8 Å². The monoisotopic (exact) mass is 383 g/mol. The van der Waals surface area contributed by atoms with Crippen molar-refractivity contribution in [3.05, 3.63) is 76.9 Å². The fraction of sp³-hybridized carbons (Fsp3) is 0.0625. The van der Waals surface area contributed by atoms with Crippen LogP contribution < -0.4 is 4.72 Å². The van der Waals surface area contributed by atoms with Gasteiger partial charge in [0, 0.05) is 17.3 Å². The molecule has 3 aromatic rings. The second-order valence-corrected chi connectivity index (χ2v) is 7.26. The molecule has 0 atom stereocenters. The molecule has 25 heavy (non-hydrogen) atoms. The molecule has 1 heterocycles. The normalized spacial score (nSPS) is 11.5. The summed E-state index contributed by atoms with van der Waals surface area (Å²) in [4.78, 5) is -0.396. The lowest BCUT2D eigenvalue weighted by molar-refractivity contribution is 0.504. The van der Waals surface area contributed by atoms with Crippen LogP contribution in [0.2, 0.25) is 5.02 Å². The summed E-state index contributed by atoms with van der Waals surface area (Å²) < 4.78 is 54.3. The zero-order valence-corrected chi connectivity index (χ0v) is 14.2. The third-order valence-electron chi connectivity index (χ3n) is 3.37. The first kappa shape index (κ1) is 17.4. The zero-order chi connectivity index (χ0) is 18.0. The van der Waals surface area contributed by atoms with Crippen molar-refractivity contribution in [3.8, 4) is 0 Å². The third-order valence-corrected chi connectivity index (χ3v) is 5.09. The summed E-state index contributed by atoms with van der Waals surface area (Å²) in [7, 11) is -4.08. The molecule has 0 amide bonds. The molecule has 0 spiro atoms. The second kappa shape index (κ2) is 6.81. The Bertz CT molecular complexity index is 1020. The first-order valence-electron chi connectivity index (χ1n) is 7.10. The van der Waals surface area contributed by atoms with Gasteiger partial charge in [0.1, 0.15) is 0 Å². The van der Waals surface area contributed by atoms with Crippen LogP contribution in [0.1, 0.15) is 5.56 Å². The first-order valence-corrected chi connectivity index (χ1v) is 8.96. The van der Waals surface area contributed by atoms with E-state index in [-0.39, 0.29) is 5.82 Å². The molecule has 0 aliphatic rings. The molecular formula is C16H12ClF2N3O2S. The topological polar surface area (TPSA) is 64.0 Å². The van der Waals surface area contributed by atoms with Gasteiger partial charge in [-0.15, -0.1) is 0 Å². The van der Waals surface area contributed by atoms with E-state index in [1.807, 2.05) is 12.1 Å². The average Bonchev–Trinajstić information content (AvgIpc) is 2.98. The Morgan fingerprint density at radius 3 is 2.56 bits per heavy atom. The molecular weight excluding hydrogens is 372 g/mol. The summed E-state index contributed by atoms with van der Waals surface area (Å²) >= 11 is 6.08. The SMILES string of the molecule is O=S(=O)(Nc1ccn(Cc2ccccc2Cl)n1)c1ccc(F)c(F)c1. The lowest BCUT2D eigenvalue weighted by Crippen LogP contribution is -2.14. The van der Waals surface area contributed by atoms with E-state index in [0.717, 1.165) is 17.7 Å². The Morgan fingerprint density at radius 2 is 1.84 bits per heavy atom. The van der Waals surface area contributed by atoms with Crippen molar-refractivity contribution in [2.45, 2.75) is 11.4 Å². The van der Waals surface area contributed by atoms with Crippen LogP contribution in [0.15, 0.2) is 59.6 Å². The number of benzene rings is 2. The third kappa shape index (κ3) is 3.97. The lowest BCUT2D eigenvalue weighted by Gasteiger charge is -2.06. The predicted octanol–water partition coefficient (Wildman–Crippen LogP) is 3.66. The van der Waals surface area contributed by atoms with Crippen molar-refractivity contribution >= 4 is 27.4 Å². The van der Waals surface area contributed by atoms with Gasteiger partial charge < -0.3 is 0 Å². The molecule has 2 aromatic carbocycles. The molecule has 0 bridgehead atoms. The van der Waals surface area contributed by atoms with E-state index >= 15 is 0 Å². The quantitative estimate of drug-likeness (QED) is 0.731. The standard InChI is InChI=1S/C16H12ClF2N3O2S/c17-13-4-2-1-3-11(13)10-22-8-7-16(20-22)21-25(23,24)12-5-6-14(18)15(19)9-12/h1-9H,10H2,(H,20,21). The number of nitrogens with one attached hydrogen (secondary N) is 1. The van der Waals surface area contributed by atoms with Crippen LogP contribution >= 0.6 is 11.6 Å². The van der Waals surface area contributed by atoms with Crippen LogP contribution in [0.5, 0.6) is 0 Å². The van der Waals surface area contributed by atoms with Crippen molar-refractivity contribution in [2.24, 2.45) is 0 Å². The Morgan fingerprint density at radius 1 is 1.08 bits per heavy atom. The van der Waals surface area contributed by atoms with Crippen molar-refractivity contribution in [3.63, 3.8) is 0 Å². The maximum absolute atomic E-state index is 13.2. The molecule has 0 radical (unpaired) electrons. The van der Waals surface area contributed by atoms with Gasteiger partial charge in [0.2, 0.25) is 0 Å². The van der Waals surface area contributed by atoms with E-state index in [2.05, 4.69) is 9.82 Å². The van der Waals surface area contributed by atoms with Gasteiger partial charge in [-0.05, 0) is 29.8 Å². The van der Waals surface area contributed by atoms with Crippen LogP contribution in [-0.2, 0) is 16.6 Å². The minimum Gasteiger partial charge on any atom is -0.266 e. The molecule has 1 aromatic heterocycles. The number of aromatic nitrogens is 2. The van der Waals surface area contributed by atoms with Gasteiger partial charge in [0.25, 0.3) is 10.0 Å². The fourth-order valence-corrected chi connectivity index (χ4v) is 3.35. The number of nitrogens with zero attached hydrogens (tertiary/aromatic N) is 2. The van der Waals surface area contributed by atoms with Crippen LogP contribution in [0, 0.1) is 11.6 Å². The van der Waals surface area contributed by atoms with E-state index in [1.54, 1.807) is 18.3 Å². The molecule has 0 saturated heterocycles. The number of hydrogen-bond donors (Lipinski definition) is 1. The Hall–Kier alpha value is -2.45. The molecule has 1 N–H and O–H groups in total. The van der Waals surface area contributed by atoms with E-state index in [9.17, 15) is 17.2 Å². The highest BCUT2D eigenvalue weighted by Gasteiger charge is 2.18. The molecule has 0 aliphatic heterocycles. The summed E-state index contributed by atoms with van der Waals surface area (Å²) in [5.74, 6) is -2.31. The summed E-state index contributed by atoms with van der Waals surface area (Å²) in [5.41, 5.74) is 0.822. The number of halogens is 3. The highest BCUT2D eigenvalue weighted by Crippen LogP contribution is 2.19. The average molecular weight is 384 g/mol. The Balaban J connectivity index is 1.78. The Kier molecular flexibility index (Phi) is 4.73. The van der Waals surface area contributed by atoms with E-state index < -0.39 is 26.6 Å². The largest absolute Gasteiger partial charge is 0.266 e. The highest BCUT2D eigenvalue weighted by atomic mass is 35.5. The Labute approximate surface area is 147 Å². The van der Waals surface area contributed by atoms with E-state index in [4.69, 9.17) is 11.6 Å². The highest BCUT2D eigenvalue weighted by molar-refractivity contribution is 7.92. The van der Waals surface area contributed by atoms with Crippen LogP contribution in [0.4, 0.5) is 14.6 Å². The fourth-order valence-electron chi connectivity index (χ4n) is 2.15. The molecule has 5 nitrogen and oxygen atoms in total. The summed E-state index contributed by atoms with van der Waals surface area (Å²) in [6.45, 7) is 0.354. The lowest BCUT2D eigenvalue weighted by atomic mass is 10.2. The molecule has 9 heteroatoms. The van der Waals surface area contributed by atoms with Gasteiger partial charge in [0.15, 0.2) is 17.5 Å². The minimum absolute atomic E-state index is 0.0526. The van der Waals surface area contributed by atoms with Crippen molar-refractivity contribution in [1.29, 1.82) is 0 Å². The molecule has 0 saturated carbocycles. The molecule has 0 fully saturated rings. The van der Waals surface area contributed by atoms with Gasteiger partial charge in [0.05, 0.1) is 11.4 Å². The predicted molar refractivity (Wildman–Crippen MR) is 89.9 cm³/mol. The van der Waals surface area contributed by atoms with Crippen LogP contribution in [0.25, 0.3) is 0 Å². The van der Waals surface area contributed by atoms with Gasteiger partial charge in [-0.3, -0.25) is 9.40 Å². The van der Waals surface area contributed by atoms with Crippen molar-refractivity contribution in [2.75, 3.05) is 4.72 Å². The van der Waals surface area contributed by atoms with Gasteiger partial charge in [-0.25, -0.2) is 17.2 Å². The van der Waals surface area contributed by atoms with E-state index in [1.165, 1.54) is 10.7 Å². The number of rotatable bonds is 5. The molecule has 0 unspecified atom stereocenters. The second-order valence-electron chi connectivity index (χ2n) is 5.17. The van der Waals surface area contributed by atoms with Gasteiger partial charge >= 0.3 is 0 Å². The number of anilines is 1. The minimum atomic E-state index is -4.08. The van der Waals surface area contributed by atoms with Gasteiger partial charge in [-0.2, -0.15) is 5.10 Å². The maximum Gasteiger partial charge on any atom is 0.263 e. The summed E-state index contributed by atoms with van der Waals surface area (Å²) in [6, 6.07) is 11.0. The number of hydrogen-bond acceptors (Lipinski definition) is 3. The van der Waals surface area contributed by atoms with Crippen molar-refractivity contribution in [1.82, 2.24) is 9.78 Å². The number of sulfonamides is 1. The van der Waals surface area contributed by atoms with E-state index in [0.29, 0.717) is 17.6 Å². The van der Waals surface area contributed by atoms with Crippen molar-refractivity contribution < 1.29 is 17.2 Å². The summed E-state index contributed by atoms with van der Waals surface area (Å²) in [6.07, 6.45) is 1.58. The molecule has 3 rings (SSSR count). The zero-order valence-electron chi connectivity index (χ0n) is 12.7. The first-order chi connectivity index (χ1) is 11.8. The molecule has 0 aliphatic carbocycles. The van der Waals surface area contributed by atoms with Crippen LogP contribution in [-0.4, -0.2) is 18.2 Å². The maximum atomic E-state index is 13.2. The van der Waals surface area contributed by atoms with Crippen LogP contribution in [0.3, 0.4) is 0 Å². The summed E-state index contributed by atoms with van der Waals surface area (Å²) in [5, 5.41) is 4.67. The smallest absolute Gasteiger partial charge is 0.263 e. The molecule has 130 valence electrons.